The third-order valence-corrected chi connectivity index (χ3v) is 2.06. The molecule has 0 aliphatic heterocycles. The van der Waals surface area contributed by atoms with Crippen molar-refractivity contribution in [3.63, 3.8) is 0 Å². The first kappa shape index (κ1) is 21.1. The maximum atomic E-state index is 9.60. The fourth-order valence-electron chi connectivity index (χ4n) is 0.525. The number of benzene rings is 1. The van der Waals surface area contributed by atoms with Gasteiger partial charge in [-0.25, -0.2) is 4.79 Å². The van der Waals surface area contributed by atoms with Crippen LogP contribution in [0.2, 0.25) is 10.0 Å². The fraction of sp³-hybridized carbons (Fsp3) is 0.167. The van der Waals surface area contributed by atoms with E-state index in [0.29, 0.717) is 15.8 Å². The predicted octanol–water partition coefficient (Wildman–Crippen LogP) is 3.57. The van der Waals surface area contributed by atoms with E-state index in [-0.39, 0.29) is 5.57 Å². The van der Waals surface area contributed by atoms with Gasteiger partial charge in [0.2, 0.25) is 0 Å². The SMILES string of the molecule is C=C(C)C(=O)O.CC(=O)O.Clc1ccc([O][Cu])c(Cl)c1. The second-order valence-electron chi connectivity index (χ2n) is 3.24. The van der Waals surface area contributed by atoms with Crippen LogP contribution in [-0.4, -0.2) is 22.2 Å². The van der Waals surface area contributed by atoms with Crippen molar-refractivity contribution in [1.82, 2.24) is 0 Å². The van der Waals surface area contributed by atoms with Crippen LogP contribution in [0.25, 0.3) is 0 Å². The Morgan fingerprint density at radius 2 is 1.65 bits per heavy atom. The van der Waals surface area contributed by atoms with Gasteiger partial charge in [-0.15, -0.1) is 0 Å². The van der Waals surface area contributed by atoms with Gasteiger partial charge in [-0.3, -0.25) is 4.79 Å². The molecule has 5 nitrogen and oxygen atoms in total. The third-order valence-electron chi connectivity index (χ3n) is 1.33. The number of carboxylic acids is 2. The number of hydrogen-bond donors (Lipinski definition) is 2. The summed E-state index contributed by atoms with van der Waals surface area (Å²) in [7, 11) is 0. The van der Waals surface area contributed by atoms with Crippen LogP contribution in [0.1, 0.15) is 13.8 Å². The van der Waals surface area contributed by atoms with Gasteiger partial charge in [-0.2, -0.15) is 0 Å². The number of halogens is 2. The van der Waals surface area contributed by atoms with Gasteiger partial charge in [0.1, 0.15) is 0 Å². The van der Waals surface area contributed by atoms with Crippen LogP contribution >= 0.6 is 23.2 Å². The van der Waals surface area contributed by atoms with Gasteiger partial charge in [-0.05, 0) is 6.92 Å². The first-order chi connectivity index (χ1) is 9.11. The molecule has 8 heteroatoms. The summed E-state index contributed by atoms with van der Waals surface area (Å²) in [6, 6.07) is 4.85. The molecule has 0 heterocycles. The zero-order chi connectivity index (χ0) is 16.3. The Kier molecular flexibility index (Phi) is 12.3. The minimum atomic E-state index is -0.935. The maximum absolute atomic E-state index is 9.60. The second kappa shape index (κ2) is 11.6. The summed E-state index contributed by atoms with van der Waals surface area (Å²) >= 11 is 15.7. The molecule has 0 saturated heterocycles. The van der Waals surface area contributed by atoms with Crippen molar-refractivity contribution in [2.24, 2.45) is 0 Å². The zero-order valence-corrected chi connectivity index (χ0v) is 13.1. The van der Waals surface area contributed by atoms with E-state index in [1.807, 2.05) is 0 Å². The van der Waals surface area contributed by atoms with E-state index in [1.165, 1.54) is 6.92 Å². The molecule has 0 aromatic heterocycles. The summed E-state index contributed by atoms with van der Waals surface area (Å²) in [4.78, 5) is 18.6. The first-order valence-electron chi connectivity index (χ1n) is 4.90. The Hall–Kier alpha value is -1.20. The van der Waals surface area contributed by atoms with Crippen LogP contribution in [0, 0.1) is 0 Å². The Morgan fingerprint density at radius 1 is 1.25 bits per heavy atom. The summed E-state index contributed by atoms with van der Waals surface area (Å²) in [6.45, 7) is 5.69. The van der Waals surface area contributed by atoms with Crippen molar-refractivity contribution >= 4 is 35.1 Å². The molecule has 0 radical (unpaired) electrons. The van der Waals surface area contributed by atoms with Gasteiger partial charge >= 0.3 is 83.3 Å². The van der Waals surface area contributed by atoms with Gasteiger partial charge in [0.05, 0.1) is 0 Å². The quantitative estimate of drug-likeness (QED) is 0.613. The summed E-state index contributed by atoms with van der Waals surface area (Å²) < 4.78 is 4.47. The molecule has 1 rings (SSSR count). The average molecular weight is 372 g/mol. The van der Waals surface area contributed by atoms with E-state index in [9.17, 15) is 4.79 Å². The molecular weight excluding hydrogens is 359 g/mol. The first-order valence-corrected chi connectivity index (χ1v) is 6.04. The van der Waals surface area contributed by atoms with Crippen LogP contribution < -0.4 is 3.82 Å². The molecule has 0 spiro atoms. The molecule has 116 valence electrons. The van der Waals surface area contributed by atoms with Crippen molar-refractivity contribution in [3.05, 3.63) is 40.4 Å². The zero-order valence-electron chi connectivity index (χ0n) is 10.6. The number of aliphatic carboxylic acids is 2. The molecule has 2 N–H and O–H groups in total. The molecule has 0 aliphatic rings. The van der Waals surface area contributed by atoms with Crippen LogP contribution in [0.4, 0.5) is 0 Å². The van der Waals surface area contributed by atoms with Gasteiger partial charge in [0, 0.05) is 12.5 Å². The molecule has 0 bridgehead atoms. The Bertz CT molecular complexity index is 461. The molecule has 0 fully saturated rings. The Balaban J connectivity index is 0. The minimum absolute atomic E-state index is 0.176. The average Bonchev–Trinajstić information content (AvgIpc) is 2.29. The number of carboxylic acid groups (broad SMARTS) is 2. The fourth-order valence-corrected chi connectivity index (χ4v) is 1.19. The van der Waals surface area contributed by atoms with Crippen molar-refractivity contribution in [2.75, 3.05) is 0 Å². The number of rotatable bonds is 2. The van der Waals surface area contributed by atoms with Crippen LogP contribution in [0.15, 0.2) is 30.4 Å². The van der Waals surface area contributed by atoms with Crippen molar-refractivity contribution < 1.29 is 40.0 Å². The van der Waals surface area contributed by atoms with E-state index in [4.69, 9.17) is 38.2 Å². The topological polar surface area (TPSA) is 83.8 Å². The molecule has 20 heavy (non-hydrogen) atoms. The van der Waals surface area contributed by atoms with Crippen molar-refractivity contribution in [3.8, 4) is 5.75 Å². The van der Waals surface area contributed by atoms with Gasteiger partial charge < -0.3 is 10.2 Å². The van der Waals surface area contributed by atoms with E-state index < -0.39 is 11.9 Å². The molecule has 0 atom stereocenters. The Labute approximate surface area is 135 Å². The van der Waals surface area contributed by atoms with Gasteiger partial charge in [0.15, 0.2) is 0 Å². The van der Waals surface area contributed by atoms with E-state index in [2.05, 4.69) is 26.7 Å². The van der Waals surface area contributed by atoms with E-state index in [1.54, 1.807) is 18.2 Å². The molecule has 0 unspecified atom stereocenters. The van der Waals surface area contributed by atoms with E-state index in [0.717, 1.165) is 6.92 Å². The number of hydrogen-bond acceptors (Lipinski definition) is 3. The second-order valence-corrected chi connectivity index (χ2v) is 4.28. The normalized spacial score (nSPS) is 8.30. The summed E-state index contributed by atoms with van der Waals surface area (Å²) in [5, 5.41) is 16.3. The molecular formula is C12H13Cl2CuO5. The van der Waals surface area contributed by atoms with Crippen molar-refractivity contribution in [2.45, 2.75) is 13.8 Å². The van der Waals surface area contributed by atoms with Gasteiger partial charge in [-0.1, -0.05) is 6.58 Å². The molecule has 1 aromatic rings. The monoisotopic (exact) mass is 370 g/mol. The predicted molar refractivity (Wildman–Crippen MR) is 72.8 cm³/mol. The van der Waals surface area contributed by atoms with Crippen LogP contribution in [-0.2, 0) is 25.9 Å². The number of carbonyl (C=O) groups is 2. The summed E-state index contributed by atoms with van der Waals surface area (Å²) in [5.74, 6) is -1.32. The third kappa shape index (κ3) is 13.2. The summed E-state index contributed by atoms with van der Waals surface area (Å²) in [5.41, 5.74) is 0.176. The molecule has 0 saturated carbocycles. The Morgan fingerprint density at radius 3 is 1.90 bits per heavy atom. The van der Waals surface area contributed by atoms with Crippen molar-refractivity contribution in [1.29, 1.82) is 0 Å². The van der Waals surface area contributed by atoms with Crippen LogP contribution in [0.3, 0.4) is 0 Å². The van der Waals surface area contributed by atoms with Crippen LogP contribution in [0.5, 0.6) is 5.75 Å². The van der Waals surface area contributed by atoms with Gasteiger partial charge in [0.25, 0.3) is 5.97 Å². The van der Waals surface area contributed by atoms with E-state index >= 15 is 0 Å². The standard InChI is InChI=1S/C6H4Cl2O.C4H6O2.C2H4O2.Cu/c7-4-1-2-6(9)5(8)3-4;1-3(2)4(5)6;1-2(3)4;/h1-3,9H;1H2,2H3,(H,5,6);1H3,(H,3,4);/q;;;+1/p-1. The molecule has 0 amide bonds. The summed E-state index contributed by atoms with van der Waals surface area (Å²) in [6.07, 6.45) is 0. The molecule has 1 aromatic carbocycles. The molecule has 0 aliphatic carbocycles.